The van der Waals surface area contributed by atoms with Crippen molar-refractivity contribution in [2.75, 3.05) is 20.6 Å². The summed E-state index contributed by atoms with van der Waals surface area (Å²) >= 11 is 0. The van der Waals surface area contributed by atoms with Gasteiger partial charge < -0.3 is 10.2 Å². The molecule has 0 bridgehead atoms. The molecular weight excluding hydrogens is 196 g/mol. The summed E-state index contributed by atoms with van der Waals surface area (Å²) < 4.78 is 0. The van der Waals surface area contributed by atoms with E-state index in [0.717, 1.165) is 19.5 Å². The van der Waals surface area contributed by atoms with E-state index in [4.69, 9.17) is 0 Å². The van der Waals surface area contributed by atoms with Gasteiger partial charge >= 0.3 is 0 Å². The summed E-state index contributed by atoms with van der Waals surface area (Å²) in [6, 6.07) is 9.44. The van der Waals surface area contributed by atoms with E-state index in [1.165, 1.54) is 11.1 Å². The lowest BCUT2D eigenvalue weighted by molar-refractivity contribution is 0.302. The van der Waals surface area contributed by atoms with Gasteiger partial charge in [0.1, 0.15) is 0 Å². The number of rotatable bonds is 6. The first-order chi connectivity index (χ1) is 7.63. The molecule has 1 aromatic carbocycles. The average Bonchev–Trinajstić information content (AvgIpc) is 2.29. The van der Waals surface area contributed by atoms with Gasteiger partial charge in [0.15, 0.2) is 0 Å². The van der Waals surface area contributed by atoms with Gasteiger partial charge in [-0.05, 0) is 38.6 Å². The number of aryl methyl sites for hydroxylation is 1. The third-order valence-corrected chi connectivity index (χ3v) is 3.08. The number of nitrogens with one attached hydrogen (secondary N) is 1. The molecule has 2 nitrogen and oxygen atoms in total. The second-order valence-electron chi connectivity index (χ2n) is 4.61. The van der Waals surface area contributed by atoms with Crippen molar-refractivity contribution in [3.05, 3.63) is 35.4 Å². The Morgan fingerprint density at radius 3 is 2.19 bits per heavy atom. The normalized spacial score (nSPS) is 13.1. The molecule has 0 saturated carbocycles. The van der Waals surface area contributed by atoms with Gasteiger partial charge in [-0.25, -0.2) is 0 Å². The van der Waals surface area contributed by atoms with E-state index in [-0.39, 0.29) is 0 Å². The summed E-state index contributed by atoms with van der Waals surface area (Å²) in [5.74, 6) is 0. The van der Waals surface area contributed by atoms with Crippen LogP contribution in [-0.4, -0.2) is 31.6 Å². The molecule has 1 N–H and O–H groups in total. The molecule has 1 rings (SSSR count). The smallest absolute Gasteiger partial charge is 0.0206 e. The van der Waals surface area contributed by atoms with Crippen LogP contribution in [0.1, 0.15) is 25.0 Å². The van der Waals surface area contributed by atoms with Crippen LogP contribution in [0.4, 0.5) is 0 Å². The van der Waals surface area contributed by atoms with Crippen molar-refractivity contribution in [3.8, 4) is 0 Å². The van der Waals surface area contributed by atoms with Crippen LogP contribution in [-0.2, 0) is 13.0 Å². The molecule has 0 spiro atoms. The highest BCUT2D eigenvalue weighted by atomic mass is 15.1. The van der Waals surface area contributed by atoms with Gasteiger partial charge in [-0.1, -0.05) is 31.2 Å². The lowest BCUT2D eigenvalue weighted by Crippen LogP contribution is -2.35. The van der Waals surface area contributed by atoms with E-state index in [1.54, 1.807) is 0 Å². The molecule has 2 heteroatoms. The molecule has 1 atom stereocenters. The minimum absolute atomic E-state index is 0.579. The topological polar surface area (TPSA) is 15.3 Å². The monoisotopic (exact) mass is 220 g/mol. The molecular formula is C14H24N2. The quantitative estimate of drug-likeness (QED) is 0.791. The van der Waals surface area contributed by atoms with Crippen LogP contribution in [0.25, 0.3) is 0 Å². The van der Waals surface area contributed by atoms with Gasteiger partial charge in [0.25, 0.3) is 0 Å². The van der Waals surface area contributed by atoms with Crippen LogP contribution in [0.15, 0.2) is 24.3 Å². The lowest BCUT2D eigenvalue weighted by Gasteiger charge is -2.20. The molecule has 1 aromatic rings. The van der Waals surface area contributed by atoms with Gasteiger partial charge in [0.05, 0.1) is 0 Å². The van der Waals surface area contributed by atoms with Crippen molar-refractivity contribution in [2.45, 2.75) is 32.9 Å². The Balaban J connectivity index is 2.31. The fourth-order valence-corrected chi connectivity index (χ4v) is 1.50. The van der Waals surface area contributed by atoms with E-state index in [2.05, 4.69) is 62.4 Å². The second-order valence-corrected chi connectivity index (χ2v) is 4.61. The Hall–Kier alpha value is -0.860. The Morgan fingerprint density at radius 2 is 1.69 bits per heavy atom. The standard InChI is InChI=1S/C14H24N2/c1-5-13-6-8-14(9-7-13)11-15-10-12(2)16(3)4/h6-9,12,15H,5,10-11H2,1-4H3. The van der Waals surface area contributed by atoms with Gasteiger partial charge in [0.2, 0.25) is 0 Å². The highest BCUT2D eigenvalue weighted by Crippen LogP contribution is 2.04. The van der Waals surface area contributed by atoms with Crippen LogP contribution in [0.3, 0.4) is 0 Å². The minimum atomic E-state index is 0.579. The van der Waals surface area contributed by atoms with Crippen molar-refractivity contribution >= 4 is 0 Å². The zero-order valence-corrected chi connectivity index (χ0v) is 11.0. The number of hydrogen-bond donors (Lipinski definition) is 1. The lowest BCUT2D eigenvalue weighted by atomic mass is 10.1. The van der Waals surface area contributed by atoms with Gasteiger partial charge in [-0.15, -0.1) is 0 Å². The van der Waals surface area contributed by atoms with Gasteiger partial charge in [-0.3, -0.25) is 0 Å². The maximum absolute atomic E-state index is 3.48. The summed E-state index contributed by atoms with van der Waals surface area (Å²) in [5.41, 5.74) is 2.77. The largest absolute Gasteiger partial charge is 0.311 e. The zero-order valence-electron chi connectivity index (χ0n) is 11.0. The minimum Gasteiger partial charge on any atom is -0.311 e. The van der Waals surface area contributed by atoms with E-state index in [0.29, 0.717) is 6.04 Å². The van der Waals surface area contributed by atoms with Crippen LogP contribution < -0.4 is 5.32 Å². The van der Waals surface area contributed by atoms with Crippen molar-refractivity contribution in [1.29, 1.82) is 0 Å². The molecule has 0 aliphatic rings. The molecule has 0 aliphatic heterocycles. The molecule has 0 aromatic heterocycles. The number of likely N-dealkylation sites (N-methyl/N-ethyl adjacent to an activating group) is 1. The third kappa shape index (κ3) is 4.33. The van der Waals surface area contributed by atoms with Crippen LogP contribution in [0.2, 0.25) is 0 Å². The molecule has 0 radical (unpaired) electrons. The molecule has 0 saturated heterocycles. The maximum atomic E-state index is 3.48. The van der Waals surface area contributed by atoms with Crippen molar-refractivity contribution < 1.29 is 0 Å². The van der Waals surface area contributed by atoms with Crippen LogP contribution in [0, 0.1) is 0 Å². The van der Waals surface area contributed by atoms with Crippen molar-refractivity contribution in [1.82, 2.24) is 10.2 Å². The van der Waals surface area contributed by atoms with Crippen LogP contribution >= 0.6 is 0 Å². The predicted molar refractivity (Wildman–Crippen MR) is 70.7 cm³/mol. The number of hydrogen-bond acceptors (Lipinski definition) is 2. The Kier molecular flexibility index (Phi) is 5.50. The summed E-state index contributed by atoms with van der Waals surface area (Å²) in [5, 5.41) is 3.48. The third-order valence-electron chi connectivity index (χ3n) is 3.08. The van der Waals surface area contributed by atoms with Gasteiger partial charge in [0, 0.05) is 19.1 Å². The fourth-order valence-electron chi connectivity index (χ4n) is 1.50. The molecule has 90 valence electrons. The van der Waals surface area contributed by atoms with Crippen LogP contribution in [0.5, 0.6) is 0 Å². The Labute approximate surface area is 99.7 Å². The van der Waals surface area contributed by atoms with Crippen molar-refractivity contribution in [3.63, 3.8) is 0 Å². The first-order valence-corrected chi connectivity index (χ1v) is 6.08. The molecule has 0 amide bonds. The summed E-state index contributed by atoms with van der Waals surface area (Å²) in [7, 11) is 4.23. The highest BCUT2D eigenvalue weighted by Gasteiger charge is 2.02. The van der Waals surface area contributed by atoms with Gasteiger partial charge in [-0.2, -0.15) is 0 Å². The zero-order chi connectivity index (χ0) is 12.0. The molecule has 0 fully saturated rings. The predicted octanol–water partition coefficient (Wildman–Crippen LogP) is 2.29. The van der Waals surface area contributed by atoms with Crippen molar-refractivity contribution in [2.24, 2.45) is 0 Å². The summed E-state index contributed by atoms with van der Waals surface area (Å²) in [6.45, 7) is 6.41. The second kappa shape index (κ2) is 6.66. The SMILES string of the molecule is CCc1ccc(CNCC(C)N(C)C)cc1. The first kappa shape index (κ1) is 13.2. The highest BCUT2D eigenvalue weighted by molar-refractivity contribution is 5.22. The molecule has 0 heterocycles. The van der Waals surface area contributed by atoms with E-state index in [1.807, 2.05) is 0 Å². The molecule has 0 aliphatic carbocycles. The molecule has 1 unspecified atom stereocenters. The van der Waals surface area contributed by atoms with E-state index < -0.39 is 0 Å². The summed E-state index contributed by atoms with van der Waals surface area (Å²) in [4.78, 5) is 2.23. The Morgan fingerprint density at radius 1 is 1.12 bits per heavy atom. The van der Waals surface area contributed by atoms with E-state index >= 15 is 0 Å². The number of nitrogens with zero attached hydrogens (tertiary/aromatic N) is 1. The summed E-state index contributed by atoms with van der Waals surface area (Å²) in [6.07, 6.45) is 1.12. The van der Waals surface area contributed by atoms with E-state index in [9.17, 15) is 0 Å². The fraction of sp³-hybridized carbons (Fsp3) is 0.571. The maximum Gasteiger partial charge on any atom is 0.0206 e. The molecule has 16 heavy (non-hydrogen) atoms. The number of benzene rings is 1. The average molecular weight is 220 g/mol. The Bertz CT molecular complexity index is 290. The first-order valence-electron chi connectivity index (χ1n) is 6.08.